The minimum atomic E-state index is -0.598. The lowest BCUT2D eigenvalue weighted by atomic mass is 9.85. The smallest absolute Gasteiger partial charge is 0.270 e. The van der Waals surface area contributed by atoms with Crippen LogP contribution >= 0.6 is 11.6 Å². The monoisotopic (exact) mass is 505 g/mol. The SMILES string of the molecule is COc1ccc2c(c1)C(=CC(=O)c1ccc(NC(=O)c3cc([N+](=O)[O-])ccc3Cl)cc1)NC(C)(C)C2. The van der Waals surface area contributed by atoms with Crippen LogP contribution in [0.25, 0.3) is 5.70 Å². The highest BCUT2D eigenvalue weighted by atomic mass is 35.5. The number of hydrogen-bond donors (Lipinski definition) is 2. The summed E-state index contributed by atoms with van der Waals surface area (Å²) < 4.78 is 5.36. The fraction of sp³-hybridized carbons (Fsp3) is 0.185. The first-order valence-electron chi connectivity index (χ1n) is 11.1. The fourth-order valence-corrected chi connectivity index (χ4v) is 4.29. The van der Waals surface area contributed by atoms with E-state index in [1.807, 2.05) is 18.2 Å². The number of allylic oxidation sites excluding steroid dienone is 1. The van der Waals surface area contributed by atoms with E-state index in [4.69, 9.17) is 16.3 Å². The van der Waals surface area contributed by atoms with Gasteiger partial charge in [-0.2, -0.15) is 0 Å². The number of amides is 1. The van der Waals surface area contributed by atoms with Gasteiger partial charge in [0.1, 0.15) is 5.75 Å². The van der Waals surface area contributed by atoms with Gasteiger partial charge in [-0.15, -0.1) is 0 Å². The number of halogens is 1. The minimum absolute atomic E-state index is 0.0177. The lowest BCUT2D eigenvalue weighted by molar-refractivity contribution is -0.384. The van der Waals surface area contributed by atoms with Crippen molar-refractivity contribution in [2.45, 2.75) is 25.8 Å². The largest absolute Gasteiger partial charge is 0.497 e. The van der Waals surface area contributed by atoms with Crippen LogP contribution in [-0.2, 0) is 6.42 Å². The molecule has 1 aliphatic heterocycles. The number of nitrogens with zero attached hydrogens (tertiary/aromatic N) is 1. The third-order valence-corrected chi connectivity index (χ3v) is 6.15. The Hall–Kier alpha value is -4.17. The van der Waals surface area contributed by atoms with Crippen LogP contribution in [0, 0.1) is 10.1 Å². The molecule has 0 aliphatic carbocycles. The second-order valence-corrected chi connectivity index (χ2v) is 9.49. The Morgan fingerprint density at radius 2 is 1.83 bits per heavy atom. The summed E-state index contributed by atoms with van der Waals surface area (Å²) in [6, 6.07) is 15.9. The van der Waals surface area contributed by atoms with Crippen LogP contribution in [0.15, 0.2) is 66.7 Å². The third kappa shape index (κ3) is 5.39. The summed E-state index contributed by atoms with van der Waals surface area (Å²) in [5.74, 6) is -0.0924. The van der Waals surface area contributed by atoms with Crippen LogP contribution in [0.1, 0.15) is 45.7 Å². The van der Waals surface area contributed by atoms with Crippen molar-refractivity contribution >= 4 is 40.4 Å². The number of methoxy groups -OCH3 is 1. The van der Waals surface area contributed by atoms with Crippen molar-refractivity contribution in [3.8, 4) is 5.75 Å². The molecule has 0 radical (unpaired) electrons. The molecule has 0 atom stereocenters. The van der Waals surface area contributed by atoms with Gasteiger partial charge in [0.15, 0.2) is 5.78 Å². The Balaban J connectivity index is 1.55. The van der Waals surface area contributed by atoms with E-state index in [9.17, 15) is 19.7 Å². The molecule has 1 heterocycles. The van der Waals surface area contributed by atoms with E-state index in [2.05, 4.69) is 24.5 Å². The van der Waals surface area contributed by atoms with E-state index in [-0.39, 0.29) is 27.6 Å². The Kier molecular flexibility index (Phi) is 6.81. The highest BCUT2D eigenvalue weighted by Gasteiger charge is 2.28. The molecule has 4 rings (SSSR count). The molecular formula is C27H24ClN3O5. The molecule has 0 saturated carbocycles. The molecule has 0 saturated heterocycles. The topological polar surface area (TPSA) is 111 Å². The molecule has 3 aromatic carbocycles. The van der Waals surface area contributed by atoms with Crippen LogP contribution in [0.4, 0.5) is 11.4 Å². The molecule has 9 heteroatoms. The number of hydrogen-bond acceptors (Lipinski definition) is 6. The second kappa shape index (κ2) is 9.83. The number of carbonyl (C=O) groups is 2. The third-order valence-electron chi connectivity index (χ3n) is 5.82. The van der Waals surface area contributed by atoms with Crippen LogP contribution in [0.5, 0.6) is 5.75 Å². The summed E-state index contributed by atoms with van der Waals surface area (Å²) in [5, 5.41) is 17.2. The highest BCUT2D eigenvalue weighted by Crippen LogP contribution is 2.32. The Morgan fingerprint density at radius 1 is 1.11 bits per heavy atom. The van der Waals surface area contributed by atoms with Crippen molar-refractivity contribution in [1.82, 2.24) is 5.32 Å². The minimum Gasteiger partial charge on any atom is -0.497 e. The second-order valence-electron chi connectivity index (χ2n) is 9.08. The van der Waals surface area contributed by atoms with Crippen LogP contribution < -0.4 is 15.4 Å². The molecule has 0 bridgehead atoms. The van der Waals surface area contributed by atoms with Gasteiger partial charge < -0.3 is 15.4 Å². The van der Waals surface area contributed by atoms with Crippen LogP contribution in [-0.4, -0.2) is 29.3 Å². The quantitative estimate of drug-likeness (QED) is 0.194. The van der Waals surface area contributed by atoms with Crippen molar-refractivity contribution in [3.05, 3.63) is 104 Å². The van der Waals surface area contributed by atoms with E-state index < -0.39 is 10.8 Å². The number of ketones is 1. The Morgan fingerprint density at radius 3 is 2.50 bits per heavy atom. The normalized spacial score (nSPS) is 14.9. The van der Waals surface area contributed by atoms with Crippen LogP contribution in [0.2, 0.25) is 5.02 Å². The molecule has 184 valence electrons. The number of carbonyl (C=O) groups excluding carboxylic acids is 2. The van der Waals surface area contributed by atoms with Gasteiger partial charge >= 0.3 is 0 Å². The predicted octanol–water partition coefficient (Wildman–Crippen LogP) is 5.66. The number of anilines is 1. The van der Waals surface area contributed by atoms with Crippen molar-refractivity contribution < 1.29 is 19.2 Å². The summed E-state index contributed by atoms with van der Waals surface area (Å²) in [7, 11) is 1.60. The summed E-state index contributed by atoms with van der Waals surface area (Å²) in [6.45, 7) is 4.15. The van der Waals surface area contributed by atoms with E-state index >= 15 is 0 Å². The maximum Gasteiger partial charge on any atom is 0.270 e. The lowest BCUT2D eigenvalue weighted by Gasteiger charge is -2.35. The summed E-state index contributed by atoms with van der Waals surface area (Å²) in [6.07, 6.45) is 2.37. The molecule has 0 unspecified atom stereocenters. The molecule has 0 aromatic heterocycles. The van der Waals surface area contributed by atoms with Gasteiger partial charge in [-0.3, -0.25) is 19.7 Å². The maximum absolute atomic E-state index is 13.1. The highest BCUT2D eigenvalue weighted by molar-refractivity contribution is 6.34. The number of nitro groups is 1. The predicted molar refractivity (Wildman–Crippen MR) is 139 cm³/mol. The maximum atomic E-state index is 13.1. The molecule has 36 heavy (non-hydrogen) atoms. The average molecular weight is 506 g/mol. The first-order valence-corrected chi connectivity index (χ1v) is 11.5. The van der Waals surface area contributed by atoms with E-state index in [1.165, 1.54) is 12.1 Å². The van der Waals surface area contributed by atoms with Gasteiger partial charge in [-0.05, 0) is 68.3 Å². The molecule has 1 amide bonds. The van der Waals surface area contributed by atoms with Gasteiger partial charge in [0.25, 0.3) is 11.6 Å². The van der Waals surface area contributed by atoms with Crippen molar-refractivity contribution in [2.75, 3.05) is 12.4 Å². The summed E-state index contributed by atoms with van der Waals surface area (Å²) in [4.78, 5) is 36.1. The zero-order valence-corrected chi connectivity index (χ0v) is 20.7. The van der Waals surface area contributed by atoms with Gasteiger partial charge in [0.2, 0.25) is 0 Å². The van der Waals surface area contributed by atoms with Crippen LogP contribution in [0.3, 0.4) is 0 Å². The Labute approximate surface area is 213 Å². The molecule has 0 fully saturated rings. The fourth-order valence-electron chi connectivity index (χ4n) is 4.08. The summed E-state index contributed by atoms with van der Waals surface area (Å²) in [5.41, 5.74) is 3.12. The van der Waals surface area contributed by atoms with Crippen molar-refractivity contribution in [3.63, 3.8) is 0 Å². The zero-order chi connectivity index (χ0) is 26.0. The van der Waals surface area contributed by atoms with Crippen molar-refractivity contribution in [1.29, 1.82) is 0 Å². The molecule has 8 nitrogen and oxygen atoms in total. The van der Waals surface area contributed by atoms with E-state index in [0.29, 0.717) is 22.7 Å². The number of benzene rings is 3. The number of nitrogens with one attached hydrogen (secondary N) is 2. The number of nitro benzene ring substituents is 1. The molecule has 2 N–H and O–H groups in total. The number of non-ortho nitro benzene ring substituents is 1. The zero-order valence-electron chi connectivity index (χ0n) is 19.9. The first kappa shape index (κ1) is 24.9. The van der Waals surface area contributed by atoms with Gasteiger partial charge in [0, 0.05) is 46.3 Å². The average Bonchev–Trinajstić information content (AvgIpc) is 2.83. The lowest BCUT2D eigenvalue weighted by Crippen LogP contribution is -2.43. The van der Waals surface area contributed by atoms with Crippen molar-refractivity contribution in [2.24, 2.45) is 0 Å². The number of rotatable bonds is 6. The van der Waals surface area contributed by atoms with Gasteiger partial charge in [-0.25, -0.2) is 0 Å². The Bertz CT molecular complexity index is 1400. The summed E-state index contributed by atoms with van der Waals surface area (Å²) >= 11 is 6.05. The number of fused-ring (bicyclic) bond motifs is 1. The van der Waals surface area contributed by atoms with E-state index in [0.717, 1.165) is 23.6 Å². The van der Waals surface area contributed by atoms with E-state index in [1.54, 1.807) is 37.5 Å². The van der Waals surface area contributed by atoms with Gasteiger partial charge in [0.05, 0.1) is 22.6 Å². The number of ether oxygens (including phenoxy) is 1. The molecular weight excluding hydrogens is 482 g/mol. The van der Waals surface area contributed by atoms with Gasteiger partial charge in [-0.1, -0.05) is 17.7 Å². The first-order chi connectivity index (χ1) is 17.1. The molecule has 1 aliphatic rings. The molecule has 3 aromatic rings. The molecule has 0 spiro atoms. The standard InChI is InChI=1S/C27H24ClN3O5/c1-27(2)15-17-6-10-20(36-3)13-21(17)24(30-27)14-25(32)16-4-7-18(8-5-16)29-26(33)22-12-19(31(34)35)9-11-23(22)28/h4-14,30H,15H2,1-3H3,(H,29,33).